The van der Waals surface area contributed by atoms with Crippen LogP contribution in [0.25, 0.3) is 0 Å². The summed E-state index contributed by atoms with van der Waals surface area (Å²) in [6, 6.07) is -0.864. The molecular formula is C71H140N2O6P+. The number of rotatable bonds is 66. The van der Waals surface area contributed by atoms with E-state index in [-0.39, 0.29) is 19.1 Å². The first-order valence-electron chi connectivity index (χ1n) is 35.4. The highest BCUT2D eigenvalue weighted by Crippen LogP contribution is 2.43. The summed E-state index contributed by atoms with van der Waals surface area (Å²) < 4.78 is 23.8. The number of allylic oxidation sites excluding steroid dienone is 5. The number of phosphoric acid groups is 1. The lowest BCUT2D eigenvalue weighted by Gasteiger charge is -2.25. The highest BCUT2D eigenvalue weighted by molar-refractivity contribution is 7.47. The van der Waals surface area contributed by atoms with Gasteiger partial charge in [0.25, 0.3) is 0 Å². The van der Waals surface area contributed by atoms with Gasteiger partial charge in [-0.25, -0.2) is 4.57 Å². The molecule has 0 rings (SSSR count). The lowest BCUT2D eigenvalue weighted by molar-refractivity contribution is -0.870. The molecule has 3 unspecified atom stereocenters. The van der Waals surface area contributed by atoms with E-state index in [0.717, 1.165) is 38.5 Å². The second-order valence-electron chi connectivity index (χ2n) is 25.6. The number of phosphoric ester groups is 1. The van der Waals surface area contributed by atoms with Gasteiger partial charge in [-0.15, -0.1) is 0 Å². The fourth-order valence-electron chi connectivity index (χ4n) is 10.8. The molecule has 80 heavy (non-hydrogen) atoms. The Morgan fingerprint density at radius 1 is 0.412 bits per heavy atom. The first-order valence-corrected chi connectivity index (χ1v) is 36.9. The Balaban J connectivity index is 4.08. The molecule has 0 radical (unpaired) electrons. The maximum absolute atomic E-state index is 13.0. The summed E-state index contributed by atoms with van der Waals surface area (Å²) in [6.45, 7) is 4.85. The van der Waals surface area contributed by atoms with Gasteiger partial charge in [0.15, 0.2) is 0 Å². The fraction of sp³-hybridized carbons (Fsp3) is 0.901. The van der Waals surface area contributed by atoms with Gasteiger partial charge in [0.05, 0.1) is 39.9 Å². The first kappa shape index (κ1) is 78.7. The number of amides is 1. The van der Waals surface area contributed by atoms with Crippen LogP contribution in [0.5, 0.6) is 0 Å². The molecule has 0 aromatic rings. The number of nitrogens with zero attached hydrogens (tertiary/aromatic N) is 1. The zero-order valence-electron chi connectivity index (χ0n) is 54.3. The second-order valence-corrected chi connectivity index (χ2v) is 27.1. The summed E-state index contributed by atoms with van der Waals surface area (Å²) in [4.78, 5) is 23.4. The molecule has 3 N–H and O–H groups in total. The Labute approximate surface area is 499 Å². The smallest absolute Gasteiger partial charge is 0.387 e. The normalized spacial score (nSPS) is 13.8. The maximum Gasteiger partial charge on any atom is 0.472 e. The van der Waals surface area contributed by atoms with Gasteiger partial charge in [0, 0.05) is 6.42 Å². The molecule has 3 atom stereocenters. The minimum atomic E-state index is -4.36. The van der Waals surface area contributed by atoms with Crippen molar-refractivity contribution in [2.75, 3.05) is 40.9 Å². The molecule has 0 saturated carbocycles. The SMILES string of the molecule is CCCCCCCCCC/C=C\CCCCCCCCCCCCCCCCCCCC(=O)NC(COP(=O)(O)OCC[N+](C)(C)C)C(O)/C=C/CC/C=C/CCCCCCCCCCCCCCCCCCCCCCCCC. The quantitative estimate of drug-likeness (QED) is 0.0243. The summed E-state index contributed by atoms with van der Waals surface area (Å²) in [5.41, 5.74) is 0. The van der Waals surface area contributed by atoms with Gasteiger partial charge in [0.2, 0.25) is 5.91 Å². The van der Waals surface area contributed by atoms with Crippen molar-refractivity contribution < 1.29 is 32.9 Å². The van der Waals surface area contributed by atoms with E-state index in [1.165, 1.54) is 302 Å². The first-order chi connectivity index (χ1) is 39.0. The number of aliphatic hydroxyl groups excluding tert-OH is 1. The van der Waals surface area contributed by atoms with Crippen molar-refractivity contribution in [1.82, 2.24) is 5.32 Å². The van der Waals surface area contributed by atoms with Crippen LogP contribution in [0.3, 0.4) is 0 Å². The number of unbranched alkanes of at least 4 members (excludes halogenated alkanes) is 49. The Bertz CT molecular complexity index is 1400. The van der Waals surface area contributed by atoms with Gasteiger partial charge in [-0.05, 0) is 57.8 Å². The van der Waals surface area contributed by atoms with Crippen LogP contribution in [-0.4, -0.2) is 73.4 Å². The van der Waals surface area contributed by atoms with Crippen LogP contribution in [0.4, 0.5) is 0 Å². The van der Waals surface area contributed by atoms with Gasteiger partial charge >= 0.3 is 7.82 Å². The Hall–Kier alpha value is -1.28. The molecule has 0 fully saturated rings. The van der Waals surface area contributed by atoms with Crippen LogP contribution in [0.1, 0.15) is 361 Å². The minimum absolute atomic E-state index is 0.0579. The van der Waals surface area contributed by atoms with Gasteiger partial charge in [0.1, 0.15) is 13.2 Å². The summed E-state index contributed by atoms with van der Waals surface area (Å²) in [7, 11) is 1.57. The van der Waals surface area contributed by atoms with Crippen LogP contribution in [-0.2, 0) is 18.4 Å². The van der Waals surface area contributed by atoms with E-state index >= 15 is 0 Å². The van der Waals surface area contributed by atoms with Gasteiger partial charge < -0.3 is 19.8 Å². The monoisotopic (exact) mass is 1150 g/mol. The molecule has 474 valence electrons. The molecule has 0 aliphatic heterocycles. The lowest BCUT2D eigenvalue weighted by Crippen LogP contribution is -2.45. The van der Waals surface area contributed by atoms with Crippen LogP contribution in [0.2, 0.25) is 0 Å². The van der Waals surface area contributed by atoms with E-state index in [4.69, 9.17) is 9.05 Å². The number of hydrogen-bond acceptors (Lipinski definition) is 5. The highest BCUT2D eigenvalue weighted by Gasteiger charge is 2.28. The predicted octanol–water partition coefficient (Wildman–Crippen LogP) is 22.4. The summed E-state index contributed by atoms with van der Waals surface area (Å²) in [5.74, 6) is -0.180. The predicted molar refractivity (Wildman–Crippen MR) is 351 cm³/mol. The molecule has 8 nitrogen and oxygen atoms in total. The van der Waals surface area contributed by atoms with Crippen molar-refractivity contribution in [3.63, 3.8) is 0 Å². The minimum Gasteiger partial charge on any atom is -0.387 e. The van der Waals surface area contributed by atoms with E-state index < -0.39 is 20.0 Å². The zero-order valence-corrected chi connectivity index (χ0v) is 55.2. The Kier molecular flexibility index (Phi) is 61.3. The molecule has 1 amide bonds. The van der Waals surface area contributed by atoms with E-state index in [1.54, 1.807) is 6.08 Å². The van der Waals surface area contributed by atoms with Gasteiger partial charge in [-0.2, -0.15) is 0 Å². The molecule has 0 aliphatic carbocycles. The number of carbonyl (C=O) groups excluding carboxylic acids is 1. The van der Waals surface area contributed by atoms with Crippen LogP contribution < -0.4 is 5.32 Å². The number of nitrogens with one attached hydrogen (secondary N) is 1. The van der Waals surface area contributed by atoms with E-state index in [0.29, 0.717) is 17.4 Å². The van der Waals surface area contributed by atoms with Crippen molar-refractivity contribution >= 4 is 13.7 Å². The standard InChI is InChI=1S/C71H139N2O6P/c1-6-8-10-12-14-16-18-20-22-24-26-28-30-32-34-36-38-40-42-44-46-48-50-52-54-56-58-60-62-64-70(74)69(68-79-80(76,77)78-67-66-73(3,4)5)72-71(75)65-63-61-59-57-55-53-51-49-47-45-43-41-39-37-35-33-31-29-27-25-23-21-19-17-15-13-11-9-7-2/h25,27,54,56,62,64,69-70,74H,6-24,26,28-53,55,57-61,63,65-68H2,1-5H3,(H-,72,75,76,77)/p+1/b27-25-,56-54+,64-62+. The third-order valence-corrected chi connectivity index (χ3v) is 17.3. The maximum atomic E-state index is 13.0. The van der Waals surface area contributed by atoms with Crippen molar-refractivity contribution in [2.45, 2.75) is 373 Å². The summed E-state index contributed by atoms with van der Waals surface area (Å²) in [5, 5.41) is 14.0. The Morgan fingerprint density at radius 3 is 1.00 bits per heavy atom. The van der Waals surface area contributed by atoms with Crippen molar-refractivity contribution in [1.29, 1.82) is 0 Å². The second kappa shape index (κ2) is 62.3. The Morgan fingerprint density at radius 2 is 0.688 bits per heavy atom. The molecule has 0 aliphatic rings. The largest absolute Gasteiger partial charge is 0.472 e. The van der Waals surface area contributed by atoms with Crippen LogP contribution in [0, 0.1) is 0 Å². The number of aliphatic hydroxyl groups is 1. The van der Waals surface area contributed by atoms with Gasteiger partial charge in [-0.3, -0.25) is 13.8 Å². The van der Waals surface area contributed by atoms with Crippen molar-refractivity contribution in [3.05, 3.63) is 36.5 Å². The number of quaternary nitrogens is 1. The van der Waals surface area contributed by atoms with Crippen molar-refractivity contribution in [2.24, 2.45) is 0 Å². The third-order valence-electron chi connectivity index (χ3n) is 16.3. The van der Waals surface area contributed by atoms with Crippen LogP contribution >= 0.6 is 7.82 Å². The number of carbonyl (C=O) groups is 1. The summed E-state index contributed by atoms with van der Waals surface area (Å²) >= 11 is 0. The van der Waals surface area contributed by atoms with E-state index in [2.05, 4.69) is 43.5 Å². The molecule has 0 saturated heterocycles. The molecule has 0 spiro atoms. The molecule has 0 bridgehead atoms. The topological polar surface area (TPSA) is 105 Å². The average Bonchev–Trinajstić information content (AvgIpc) is 3.42. The fourth-order valence-corrected chi connectivity index (χ4v) is 11.6. The van der Waals surface area contributed by atoms with Crippen LogP contribution in [0.15, 0.2) is 36.5 Å². The lowest BCUT2D eigenvalue weighted by atomic mass is 10.0. The number of hydrogen-bond donors (Lipinski definition) is 3. The average molecular weight is 1150 g/mol. The van der Waals surface area contributed by atoms with E-state index in [1.807, 2.05) is 27.2 Å². The number of likely N-dealkylation sites (N-methyl/N-ethyl adjacent to an activating group) is 1. The van der Waals surface area contributed by atoms with E-state index in [9.17, 15) is 19.4 Å². The summed E-state index contributed by atoms with van der Waals surface area (Å²) in [6.07, 6.45) is 83.0. The molecule has 0 aromatic carbocycles. The zero-order chi connectivity index (χ0) is 58.4. The third kappa shape index (κ3) is 64.3. The molecule has 9 heteroatoms. The molecule has 0 heterocycles. The molecule has 0 aromatic heterocycles. The van der Waals surface area contributed by atoms with Gasteiger partial charge in [-0.1, -0.05) is 333 Å². The highest BCUT2D eigenvalue weighted by atomic mass is 31.2. The molecular weight excluding hydrogens is 1010 g/mol. The van der Waals surface area contributed by atoms with Crippen molar-refractivity contribution in [3.8, 4) is 0 Å².